The smallest absolute Gasteiger partial charge is 0.276 e. The minimum Gasteiger partial charge on any atom is -0.491 e. The second kappa shape index (κ2) is 9.48. The van der Waals surface area contributed by atoms with E-state index in [2.05, 4.69) is 10.2 Å². The van der Waals surface area contributed by atoms with Gasteiger partial charge in [0.1, 0.15) is 18.2 Å². The summed E-state index contributed by atoms with van der Waals surface area (Å²) in [6.07, 6.45) is -0.294. The molecule has 1 atom stereocenters. The topological polar surface area (TPSA) is 85.5 Å². The number of ether oxygens (including phenoxy) is 1. The molecule has 0 fully saturated rings. The summed E-state index contributed by atoms with van der Waals surface area (Å²) in [4.78, 5) is 11.6. The molecule has 0 aliphatic rings. The summed E-state index contributed by atoms with van der Waals surface area (Å²) in [5.74, 6) is 0.899. The predicted molar refractivity (Wildman–Crippen MR) is 103 cm³/mol. The van der Waals surface area contributed by atoms with Gasteiger partial charge in [0.25, 0.3) is 5.22 Å². The minimum atomic E-state index is -0.747. The highest BCUT2D eigenvalue weighted by molar-refractivity contribution is 7.99. The Morgan fingerprint density at radius 1 is 1.18 bits per heavy atom. The zero-order chi connectivity index (χ0) is 19.9. The van der Waals surface area contributed by atoms with Gasteiger partial charge in [-0.2, -0.15) is 0 Å². The van der Waals surface area contributed by atoms with Crippen LogP contribution < -0.4 is 4.74 Å². The molecule has 6 nitrogen and oxygen atoms in total. The quantitative estimate of drug-likeness (QED) is 0.428. The average Bonchev–Trinajstić information content (AvgIpc) is 3.20. The Labute approximate surface area is 165 Å². The van der Waals surface area contributed by atoms with Gasteiger partial charge in [-0.25, -0.2) is 4.39 Å². The van der Waals surface area contributed by atoms with Crippen LogP contribution in [0.25, 0.3) is 11.5 Å². The second-order valence-corrected chi connectivity index (χ2v) is 6.93. The van der Waals surface area contributed by atoms with Crippen LogP contribution in [0.1, 0.15) is 23.7 Å². The zero-order valence-electron chi connectivity index (χ0n) is 15.2. The van der Waals surface area contributed by atoms with Crippen LogP contribution in [0, 0.1) is 5.82 Å². The van der Waals surface area contributed by atoms with E-state index < -0.39 is 6.10 Å². The van der Waals surface area contributed by atoms with E-state index in [9.17, 15) is 14.3 Å². The number of aliphatic hydroxyl groups excluding tert-OH is 1. The van der Waals surface area contributed by atoms with Gasteiger partial charge in [0.15, 0.2) is 5.78 Å². The lowest BCUT2D eigenvalue weighted by Crippen LogP contribution is -2.20. The Hall–Kier alpha value is -2.71. The van der Waals surface area contributed by atoms with Crippen LogP contribution in [-0.2, 0) is 0 Å². The lowest BCUT2D eigenvalue weighted by atomic mass is 10.1. The van der Waals surface area contributed by atoms with E-state index in [-0.39, 0.29) is 24.1 Å². The number of carbonyl (C=O) groups is 1. The van der Waals surface area contributed by atoms with Gasteiger partial charge in [0.05, 0.1) is 6.10 Å². The lowest BCUT2D eigenvalue weighted by Gasteiger charge is -2.11. The molecule has 8 heteroatoms. The number of ketones is 1. The van der Waals surface area contributed by atoms with Gasteiger partial charge < -0.3 is 14.3 Å². The fourth-order valence-corrected chi connectivity index (χ4v) is 2.99. The van der Waals surface area contributed by atoms with Gasteiger partial charge in [-0.1, -0.05) is 18.7 Å². The van der Waals surface area contributed by atoms with Crippen molar-refractivity contribution in [1.82, 2.24) is 10.2 Å². The van der Waals surface area contributed by atoms with Crippen molar-refractivity contribution in [3.05, 3.63) is 59.9 Å². The molecule has 0 saturated heterocycles. The maximum atomic E-state index is 13.0. The Morgan fingerprint density at radius 2 is 1.89 bits per heavy atom. The molecule has 3 aromatic rings. The summed E-state index contributed by atoms with van der Waals surface area (Å²) >= 11 is 1.20. The van der Waals surface area contributed by atoms with Crippen molar-refractivity contribution >= 4 is 17.5 Å². The molecule has 0 saturated carbocycles. The number of thioether (sulfide) groups is 1. The second-order valence-electron chi connectivity index (χ2n) is 5.96. The predicted octanol–water partition coefficient (Wildman–Crippen LogP) is 4.00. The maximum Gasteiger partial charge on any atom is 0.276 e. The fourth-order valence-electron chi connectivity index (χ4n) is 2.33. The van der Waals surface area contributed by atoms with E-state index >= 15 is 0 Å². The summed E-state index contributed by atoms with van der Waals surface area (Å²) < 4.78 is 24.0. The third-order valence-corrected chi connectivity index (χ3v) is 4.80. The number of hydrogen-bond donors (Lipinski definition) is 1. The van der Waals surface area contributed by atoms with Crippen LogP contribution in [0.15, 0.2) is 58.2 Å². The van der Waals surface area contributed by atoms with Gasteiger partial charge in [-0.3, -0.25) is 4.79 Å². The molecular formula is C20H19FN2O4S. The minimum absolute atomic E-state index is 0.0718. The summed E-state index contributed by atoms with van der Waals surface area (Å²) in [6, 6.07) is 12.6. The Bertz CT molecular complexity index is 913. The van der Waals surface area contributed by atoms with Crippen molar-refractivity contribution in [3.63, 3.8) is 0 Å². The molecule has 0 aliphatic carbocycles. The molecule has 28 heavy (non-hydrogen) atoms. The summed E-state index contributed by atoms with van der Waals surface area (Å²) in [5, 5.41) is 18.2. The number of aliphatic hydroxyl groups is 1. The molecule has 0 amide bonds. The van der Waals surface area contributed by atoms with Crippen molar-refractivity contribution in [3.8, 4) is 17.2 Å². The van der Waals surface area contributed by atoms with E-state index in [1.807, 2.05) is 6.92 Å². The van der Waals surface area contributed by atoms with Crippen molar-refractivity contribution < 1.29 is 23.4 Å². The van der Waals surface area contributed by atoms with Crippen LogP contribution in [0.4, 0.5) is 4.39 Å². The standard InChI is InChI=1S/C20H19FN2O4S/c1-2-18(25)13-5-9-17(10-6-13)26-11-16(24)12-28-20-23-22-19(27-20)14-3-7-15(21)8-4-14/h3-10,16,24H,2,11-12H2,1H3/t16-/m0/s1. The van der Waals surface area contributed by atoms with E-state index in [0.29, 0.717) is 34.3 Å². The van der Waals surface area contributed by atoms with E-state index in [4.69, 9.17) is 9.15 Å². The average molecular weight is 402 g/mol. The third-order valence-electron chi connectivity index (χ3n) is 3.84. The van der Waals surface area contributed by atoms with Gasteiger partial charge in [0, 0.05) is 23.3 Å². The molecule has 0 unspecified atom stereocenters. The van der Waals surface area contributed by atoms with E-state index in [0.717, 1.165) is 0 Å². The highest BCUT2D eigenvalue weighted by Gasteiger charge is 2.13. The van der Waals surface area contributed by atoms with Gasteiger partial charge >= 0.3 is 0 Å². The lowest BCUT2D eigenvalue weighted by molar-refractivity contribution is 0.0987. The maximum absolute atomic E-state index is 13.0. The Morgan fingerprint density at radius 3 is 2.57 bits per heavy atom. The van der Waals surface area contributed by atoms with Crippen LogP contribution in [-0.4, -0.2) is 39.6 Å². The first-order chi connectivity index (χ1) is 13.5. The van der Waals surface area contributed by atoms with E-state index in [1.165, 1.54) is 23.9 Å². The highest BCUT2D eigenvalue weighted by atomic mass is 32.2. The number of rotatable bonds is 9. The molecule has 0 radical (unpaired) electrons. The normalized spacial score (nSPS) is 12.0. The van der Waals surface area contributed by atoms with Crippen molar-refractivity contribution in [2.75, 3.05) is 12.4 Å². The van der Waals surface area contributed by atoms with Crippen LogP contribution >= 0.6 is 11.8 Å². The Balaban J connectivity index is 1.46. The highest BCUT2D eigenvalue weighted by Crippen LogP contribution is 2.24. The van der Waals surface area contributed by atoms with Gasteiger partial charge in [0.2, 0.25) is 5.89 Å². The van der Waals surface area contributed by atoms with Crippen LogP contribution in [0.3, 0.4) is 0 Å². The molecule has 0 spiro atoms. The summed E-state index contributed by atoms with van der Waals surface area (Å²) in [6.45, 7) is 1.90. The molecule has 3 rings (SSSR count). The number of hydrogen-bond acceptors (Lipinski definition) is 7. The molecule has 1 N–H and O–H groups in total. The molecule has 1 aromatic heterocycles. The summed E-state index contributed by atoms with van der Waals surface area (Å²) in [5.41, 5.74) is 1.26. The largest absolute Gasteiger partial charge is 0.491 e. The first kappa shape index (κ1) is 20.0. The van der Waals surface area contributed by atoms with Crippen LogP contribution in [0.2, 0.25) is 0 Å². The first-order valence-electron chi connectivity index (χ1n) is 8.71. The van der Waals surface area contributed by atoms with Gasteiger partial charge in [-0.15, -0.1) is 10.2 Å². The number of nitrogens with zero attached hydrogens (tertiary/aromatic N) is 2. The zero-order valence-corrected chi connectivity index (χ0v) is 16.0. The first-order valence-corrected chi connectivity index (χ1v) is 9.70. The SMILES string of the molecule is CCC(=O)c1ccc(OC[C@H](O)CSc2nnc(-c3ccc(F)cc3)o2)cc1. The van der Waals surface area contributed by atoms with Gasteiger partial charge in [-0.05, 0) is 48.5 Å². The number of carbonyl (C=O) groups excluding carboxylic acids is 1. The van der Waals surface area contributed by atoms with Crippen LogP contribution in [0.5, 0.6) is 5.75 Å². The third kappa shape index (κ3) is 5.40. The number of halogens is 1. The molecule has 0 aliphatic heterocycles. The fraction of sp³-hybridized carbons (Fsp3) is 0.250. The summed E-state index contributed by atoms with van der Waals surface area (Å²) in [7, 11) is 0. The van der Waals surface area contributed by atoms with E-state index in [1.54, 1.807) is 36.4 Å². The monoisotopic (exact) mass is 402 g/mol. The number of Topliss-reactive ketones (excluding diaryl/α,β-unsaturated/α-hetero) is 1. The molecule has 2 aromatic carbocycles. The van der Waals surface area contributed by atoms with Crippen molar-refractivity contribution in [2.24, 2.45) is 0 Å². The molecular weight excluding hydrogens is 383 g/mol. The Kier molecular flexibility index (Phi) is 6.78. The number of benzene rings is 2. The number of aromatic nitrogens is 2. The van der Waals surface area contributed by atoms with Crippen molar-refractivity contribution in [2.45, 2.75) is 24.7 Å². The molecule has 0 bridgehead atoms. The molecule has 146 valence electrons. The molecule has 1 heterocycles. The van der Waals surface area contributed by atoms with Crippen molar-refractivity contribution in [1.29, 1.82) is 0 Å².